The molecule has 8 heteroatoms. The highest BCUT2D eigenvalue weighted by atomic mass is 16.5. The van der Waals surface area contributed by atoms with Crippen LogP contribution in [0.4, 0.5) is 5.82 Å². The zero-order valence-corrected chi connectivity index (χ0v) is 14.4. The number of rotatable bonds is 4. The molecule has 1 atom stereocenters. The number of hydrogen-bond acceptors (Lipinski definition) is 8. The van der Waals surface area contributed by atoms with E-state index in [1.54, 1.807) is 0 Å². The van der Waals surface area contributed by atoms with Crippen LogP contribution in [-0.4, -0.2) is 66.1 Å². The van der Waals surface area contributed by atoms with Crippen molar-refractivity contribution in [3.63, 3.8) is 0 Å². The predicted octanol–water partition coefficient (Wildman–Crippen LogP) is 1.18. The van der Waals surface area contributed by atoms with Gasteiger partial charge in [-0.2, -0.15) is 0 Å². The normalized spacial score (nSPS) is 22.3. The molecule has 0 amide bonds. The highest BCUT2D eigenvalue weighted by Gasteiger charge is 2.28. The van der Waals surface area contributed by atoms with Crippen LogP contribution in [0, 0.1) is 6.92 Å². The summed E-state index contributed by atoms with van der Waals surface area (Å²) in [6.07, 6.45) is 1.83. The number of ether oxygens (including phenoxy) is 2. The monoisotopic (exact) mass is 345 g/mol. The maximum Gasteiger partial charge on any atom is 0.150 e. The van der Waals surface area contributed by atoms with E-state index in [-0.39, 0.29) is 6.04 Å². The summed E-state index contributed by atoms with van der Waals surface area (Å²) in [7, 11) is 0. The smallest absolute Gasteiger partial charge is 0.150 e. The molecule has 2 aliphatic rings. The lowest BCUT2D eigenvalue weighted by atomic mass is 10.2. The minimum atomic E-state index is 0.0201. The van der Waals surface area contributed by atoms with Gasteiger partial charge < -0.3 is 18.9 Å². The van der Waals surface area contributed by atoms with Gasteiger partial charge in [0.25, 0.3) is 0 Å². The lowest BCUT2D eigenvalue weighted by molar-refractivity contribution is -0.0168. The van der Waals surface area contributed by atoms with Crippen molar-refractivity contribution in [1.82, 2.24) is 20.0 Å². The molecular formula is C17H23N5O3. The Morgan fingerprint density at radius 3 is 2.80 bits per heavy atom. The van der Waals surface area contributed by atoms with Gasteiger partial charge in [0.2, 0.25) is 0 Å². The average molecular weight is 345 g/mol. The molecule has 0 N–H and O–H groups in total. The molecule has 25 heavy (non-hydrogen) atoms. The van der Waals surface area contributed by atoms with E-state index < -0.39 is 0 Å². The summed E-state index contributed by atoms with van der Waals surface area (Å²) in [5.74, 6) is 2.57. The molecule has 1 unspecified atom stereocenters. The number of aromatic nitrogens is 3. The number of anilines is 1. The summed E-state index contributed by atoms with van der Waals surface area (Å²) >= 11 is 0. The second-order valence-electron chi connectivity index (χ2n) is 6.36. The van der Waals surface area contributed by atoms with E-state index >= 15 is 0 Å². The third-order valence-corrected chi connectivity index (χ3v) is 4.57. The molecule has 2 aromatic rings. The van der Waals surface area contributed by atoms with Crippen LogP contribution in [0.25, 0.3) is 0 Å². The fourth-order valence-electron chi connectivity index (χ4n) is 3.26. The second-order valence-corrected chi connectivity index (χ2v) is 6.36. The number of morpholine rings is 2. The maximum absolute atomic E-state index is 5.70. The standard InChI is InChI=1S/C17H23N5O3/c1-13-10-14(20-25-13)11-22-6-9-24-12-15(22)17-18-3-2-16(19-17)21-4-7-23-8-5-21/h2-3,10,15H,4-9,11-12H2,1H3. The van der Waals surface area contributed by atoms with Gasteiger partial charge in [0.15, 0.2) is 0 Å². The Labute approximate surface area is 146 Å². The van der Waals surface area contributed by atoms with Crippen LogP contribution in [0.5, 0.6) is 0 Å². The topological polar surface area (TPSA) is 76.8 Å². The summed E-state index contributed by atoms with van der Waals surface area (Å²) in [6.45, 7) is 7.92. The van der Waals surface area contributed by atoms with Crippen molar-refractivity contribution in [1.29, 1.82) is 0 Å². The summed E-state index contributed by atoms with van der Waals surface area (Å²) in [5.41, 5.74) is 0.925. The van der Waals surface area contributed by atoms with Gasteiger partial charge in [-0.1, -0.05) is 5.16 Å². The van der Waals surface area contributed by atoms with Gasteiger partial charge in [0, 0.05) is 38.4 Å². The molecule has 2 aromatic heterocycles. The van der Waals surface area contributed by atoms with E-state index in [1.165, 1.54) is 0 Å². The predicted molar refractivity (Wildman–Crippen MR) is 90.3 cm³/mol. The first-order chi connectivity index (χ1) is 12.3. The minimum absolute atomic E-state index is 0.0201. The van der Waals surface area contributed by atoms with Crippen LogP contribution in [0.15, 0.2) is 22.9 Å². The highest BCUT2D eigenvalue weighted by molar-refractivity contribution is 5.38. The maximum atomic E-state index is 5.70. The van der Waals surface area contributed by atoms with Gasteiger partial charge >= 0.3 is 0 Å². The highest BCUT2D eigenvalue weighted by Crippen LogP contribution is 2.25. The Morgan fingerprint density at radius 1 is 1.16 bits per heavy atom. The molecule has 0 radical (unpaired) electrons. The number of aryl methyl sites for hydroxylation is 1. The molecule has 134 valence electrons. The van der Waals surface area contributed by atoms with Crippen molar-refractivity contribution in [3.05, 3.63) is 35.6 Å². The molecule has 2 fully saturated rings. The van der Waals surface area contributed by atoms with Crippen molar-refractivity contribution in [2.24, 2.45) is 0 Å². The molecule has 0 spiro atoms. The Morgan fingerprint density at radius 2 is 2.00 bits per heavy atom. The summed E-state index contributed by atoms with van der Waals surface area (Å²) in [4.78, 5) is 13.9. The van der Waals surface area contributed by atoms with Crippen molar-refractivity contribution >= 4 is 5.82 Å². The molecule has 0 aromatic carbocycles. The zero-order chi connectivity index (χ0) is 17.1. The lowest BCUT2D eigenvalue weighted by Crippen LogP contribution is -2.40. The van der Waals surface area contributed by atoms with Crippen molar-refractivity contribution in [2.75, 3.05) is 51.0 Å². The van der Waals surface area contributed by atoms with E-state index in [9.17, 15) is 0 Å². The van der Waals surface area contributed by atoms with E-state index in [4.69, 9.17) is 19.0 Å². The molecule has 2 saturated heterocycles. The Kier molecular flexibility index (Phi) is 4.91. The van der Waals surface area contributed by atoms with E-state index in [0.717, 1.165) is 55.9 Å². The van der Waals surface area contributed by atoms with Crippen molar-refractivity contribution in [3.8, 4) is 0 Å². The first-order valence-electron chi connectivity index (χ1n) is 8.69. The van der Waals surface area contributed by atoms with Crippen molar-refractivity contribution in [2.45, 2.75) is 19.5 Å². The molecular weight excluding hydrogens is 322 g/mol. The van der Waals surface area contributed by atoms with Gasteiger partial charge in [-0.15, -0.1) is 0 Å². The number of hydrogen-bond donors (Lipinski definition) is 0. The van der Waals surface area contributed by atoms with Crippen molar-refractivity contribution < 1.29 is 14.0 Å². The Balaban J connectivity index is 1.53. The van der Waals surface area contributed by atoms with Crippen LogP contribution in [-0.2, 0) is 16.0 Å². The number of nitrogens with zero attached hydrogens (tertiary/aromatic N) is 5. The van der Waals surface area contributed by atoms with E-state index in [2.05, 4.69) is 19.9 Å². The fraction of sp³-hybridized carbons (Fsp3) is 0.588. The Hall–Kier alpha value is -2.03. The molecule has 0 bridgehead atoms. The zero-order valence-electron chi connectivity index (χ0n) is 14.4. The van der Waals surface area contributed by atoms with Gasteiger partial charge in [-0.05, 0) is 13.0 Å². The molecule has 2 aliphatic heterocycles. The summed E-state index contributed by atoms with van der Waals surface area (Å²) < 4.78 is 16.3. The van der Waals surface area contributed by atoms with Crippen LogP contribution in [0.1, 0.15) is 23.3 Å². The molecule has 4 rings (SSSR count). The van der Waals surface area contributed by atoms with Crippen LogP contribution in [0.2, 0.25) is 0 Å². The third kappa shape index (κ3) is 3.81. The van der Waals surface area contributed by atoms with Gasteiger partial charge in [0.05, 0.1) is 38.2 Å². The first kappa shape index (κ1) is 16.4. The quantitative estimate of drug-likeness (QED) is 0.818. The second kappa shape index (κ2) is 7.47. The lowest BCUT2D eigenvalue weighted by Gasteiger charge is -2.34. The third-order valence-electron chi connectivity index (χ3n) is 4.57. The minimum Gasteiger partial charge on any atom is -0.378 e. The summed E-state index contributed by atoms with van der Waals surface area (Å²) in [6, 6.07) is 3.95. The first-order valence-corrected chi connectivity index (χ1v) is 8.69. The van der Waals surface area contributed by atoms with Gasteiger partial charge in [0.1, 0.15) is 17.4 Å². The fourth-order valence-corrected chi connectivity index (χ4v) is 3.26. The average Bonchev–Trinajstić information content (AvgIpc) is 3.08. The molecule has 8 nitrogen and oxygen atoms in total. The van der Waals surface area contributed by atoms with E-state index in [1.807, 2.05) is 25.3 Å². The Bertz CT molecular complexity index is 701. The van der Waals surface area contributed by atoms with E-state index in [0.29, 0.717) is 19.8 Å². The molecule has 0 aliphatic carbocycles. The van der Waals surface area contributed by atoms with Crippen LogP contribution >= 0.6 is 0 Å². The largest absolute Gasteiger partial charge is 0.378 e. The van der Waals surface area contributed by atoms with Gasteiger partial charge in [-0.25, -0.2) is 9.97 Å². The van der Waals surface area contributed by atoms with Crippen LogP contribution < -0.4 is 4.90 Å². The van der Waals surface area contributed by atoms with Crippen LogP contribution in [0.3, 0.4) is 0 Å². The molecule has 4 heterocycles. The summed E-state index contributed by atoms with van der Waals surface area (Å²) in [5, 5.41) is 4.11. The molecule has 0 saturated carbocycles. The SMILES string of the molecule is Cc1cc(CN2CCOCC2c2nccc(N3CCOCC3)n2)no1. The van der Waals surface area contributed by atoms with Gasteiger partial charge in [-0.3, -0.25) is 4.90 Å².